The van der Waals surface area contributed by atoms with Crippen molar-refractivity contribution in [3.8, 4) is 5.75 Å². The van der Waals surface area contributed by atoms with Crippen molar-refractivity contribution in [1.29, 1.82) is 0 Å². The van der Waals surface area contributed by atoms with Crippen molar-refractivity contribution < 1.29 is 19.1 Å². The van der Waals surface area contributed by atoms with Crippen LogP contribution in [0.4, 0.5) is 0 Å². The fourth-order valence-electron chi connectivity index (χ4n) is 1.93. The minimum absolute atomic E-state index is 0.355. The van der Waals surface area contributed by atoms with Crippen LogP contribution in [0.5, 0.6) is 5.75 Å². The Hall–Kier alpha value is -2.04. The predicted octanol–water partition coefficient (Wildman–Crippen LogP) is 1.14. The maximum Gasteiger partial charge on any atom is 0.396 e. The van der Waals surface area contributed by atoms with Gasteiger partial charge in [-0.15, -0.1) is 0 Å². The molecule has 5 nitrogen and oxygen atoms in total. The third-order valence-electron chi connectivity index (χ3n) is 2.83. The van der Waals surface area contributed by atoms with Crippen LogP contribution in [0.15, 0.2) is 12.1 Å². The van der Waals surface area contributed by atoms with Crippen LogP contribution in [0.1, 0.15) is 16.7 Å². The normalized spacial score (nSPS) is 9.89. The van der Waals surface area contributed by atoms with E-state index in [1.807, 2.05) is 19.9 Å². The van der Waals surface area contributed by atoms with Crippen LogP contribution in [0.2, 0.25) is 0 Å². The van der Waals surface area contributed by atoms with E-state index in [0.717, 1.165) is 22.4 Å². The van der Waals surface area contributed by atoms with Gasteiger partial charge in [0.15, 0.2) is 0 Å². The van der Waals surface area contributed by atoms with E-state index < -0.39 is 11.9 Å². The summed E-state index contributed by atoms with van der Waals surface area (Å²) in [5.41, 5.74) is 3.25. The Balaban J connectivity index is 2.68. The molecule has 1 rings (SSSR count). The van der Waals surface area contributed by atoms with Gasteiger partial charge in [0.1, 0.15) is 5.75 Å². The van der Waals surface area contributed by atoms with Crippen LogP contribution in [-0.2, 0) is 20.7 Å². The van der Waals surface area contributed by atoms with E-state index in [0.29, 0.717) is 13.0 Å². The molecule has 1 aromatic rings. The summed E-state index contributed by atoms with van der Waals surface area (Å²) in [5, 5.41) is 2.51. The van der Waals surface area contributed by atoms with Crippen molar-refractivity contribution in [1.82, 2.24) is 5.32 Å². The quantitative estimate of drug-likeness (QED) is 0.655. The third-order valence-corrected chi connectivity index (χ3v) is 2.83. The maximum atomic E-state index is 11.2. The lowest BCUT2D eigenvalue weighted by atomic mass is 10.0. The van der Waals surface area contributed by atoms with Gasteiger partial charge in [0, 0.05) is 6.54 Å². The highest BCUT2D eigenvalue weighted by molar-refractivity contribution is 6.32. The molecule has 0 heterocycles. The molecule has 0 aliphatic carbocycles. The molecule has 0 aliphatic heterocycles. The SMILES string of the molecule is COC(=O)C(=O)NCCc1c(C)cc(C)cc1OC. The van der Waals surface area contributed by atoms with E-state index >= 15 is 0 Å². The lowest BCUT2D eigenvalue weighted by Gasteiger charge is -2.13. The van der Waals surface area contributed by atoms with Crippen LogP contribution in [0, 0.1) is 13.8 Å². The minimum Gasteiger partial charge on any atom is -0.496 e. The molecule has 1 amide bonds. The molecule has 0 aromatic heterocycles. The van der Waals surface area contributed by atoms with Gasteiger partial charge >= 0.3 is 11.9 Å². The number of nitrogens with one attached hydrogen (secondary N) is 1. The molecule has 1 aromatic carbocycles. The second-order valence-electron chi connectivity index (χ2n) is 4.26. The smallest absolute Gasteiger partial charge is 0.396 e. The number of benzene rings is 1. The molecule has 0 fully saturated rings. The molecule has 5 heteroatoms. The Morgan fingerprint density at radius 1 is 1.21 bits per heavy atom. The minimum atomic E-state index is -0.882. The molecule has 0 aliphatic rings. The van der Waals surface area contributed by atoms with Crippen LogP contribution in [0.25, 0.3) is 0 Å². The van der Waals surface area contributed by atoms with Gasteiger partial charge in [0.2, 0.25) is 0 Å². The average Bonchev–Trinajstić information content (AvgIpc) is 2.39. The Kier molecular flexibility index (Phi) is 5.36. The zero-order valence-corrected chi connectivity index (χ0v) is 11.7. The highest BCUT2D eigenvalue weighted by Gasteiger charge is 2.13. The molecule has 1 N–H and O–H groups in total. The summed E-state index contributed by atoms with van der Waals surface area (Å²) in [5.74, 6) is -0.816. The molecular weight excluding hydrogens is 246 g/mol. The second-order valence-corrected chi connectivity index (χ2v) is 4.26. The Bertz CT molecular complexity index is 483. The summed E-state index contributed by atoms with van der Waals surface area (Å²) in [6.07, 6.45) is 0.595. The van der Waals surface area contributed by atoms with Crippen molar-refractivity contribution in [3.05, 3.63) is 28.8 Å². The summed E-state index contributed by atoms with van der Waals surface area (Å²) >= 11 is 0. The van der Waals surface area contributed by atoms with Gasteiger partial charge in [-0.05, 0) is 43.0 Å². The van der Waals surface area contributed by atoms with Crippen molar-refractivity contribution >= 4 is 11.9 Å². The molecule has 0 radical (unpaired) electrons. The topological polar surface area (TPSA) is 64.6 Å². The maximum absolute atomic E-state index is 11.2. The number of aryl methyl sites for hydroxylation is 2. The van der Waals surface area contributed by atoms with Gasteiger partial charge in [0.05, 0.1) is 14.2 Å². The molecule has 0 bridgehead atoms. The standard InChI is InChI=1S/C14H19NO4/c1-9-7-10(2)11(12(8-9)18-3)5-6-15-13(16)14(17)19-4/h7-8H,5-6H2,1-4H3,(H,15,16). The summed E-state index contributed by atoms with van der Waals surface area (Å²) < 4.78 is 9.65. The molecule has 0 atom stereocenters. The van der Waals surface area contributed by atoms with Gasteiger partial charge in [-0.1, -0.05) is 6.07 Å². The molecule has 0 saturated heterocycles. The predicted molar refractivity (Wildman–Crippen MR) is 71.2 cm³/mol. The number of amides is 1. The lowest BCUT2D eigenvalue weighted by Crippen LogP contribution is -2.33. The van der Waals surface area contributed by atoms with Gasteiger partial charge in [0.25, 0.3) is 0 Å². The highest BCUT2D eigenvalue weighted by atomic mass is 16.5. The fraction of sp³-hybridized carbons (Fsp3) is 0.429. The van der Waals surface area contributed by atoms with Gasteiger partial charge in [-0.3, -0.25) is 4.79 Å². The van der Waals surface area contributed by atoms with E-state index in [-0.39, 0.29) is 0 Å². The number of rotatable bonds is 4. The van der Waals surface area contributed by atoms with Gasteiger partial charge in [-0.25, -0.2) is 4.79 Å². The molecule has 0 unspecified atom stereocenters. The zero-order valence-electron chi connectivity index (χ0n) is 11.7. The summed E-state index contributed by atoms with van der Waals surface area (Å²) in [6.45, 7) is 4.35. The summed E-state index contributed by atoms with van der Waals surface area (Å²) in [4.78, 5) is 22.2. The van der Waals surface area contributed by atoms with Crippen molar-refractivity contribution in [2.24, 2.45) is 0 Å². The van der Waals surface area contributed by atoms with E-state index in [2.05, 4.69) is 16.1 Å². The lowest BCUT2D eigenvalue weighted by molar-refractivity contribution is -0.152. The molecular formula is C14H19NO4. The van der Waals surface area contributed by atoms with E-state index in [4.69, 9.17) is 4.74 Å². The van der Waals surface area contributed by atoms with E-state index in [9.17, 15) is 9.59 Å². The van der Waals surface area contributed by atoms with Crippen molar-refractivity contribution in [2.45, 2.75) is 20.3 Å². The van der Waals surface area contributed by atoms with Crippen LogP contribution >= 0.6 is 0 Å². The highest BCUT2D eigenvalue weighted by Crippen LogP contribution is 2.24. The first-order valence-electron chi connectivity index (χ1n) is 5.99. The van der Waals surface area contributed by atoms with Crippen LogP contribution < -0.4 is 10.1 Å². The molecule has 0 spiro atoms. The Labute approximate surface area is 112 Å². The number of hydrogen-bond acceptors (Lipinski definition) is 4. The number of ether oxygens (including phenoxy) is 2. The van der Waals surface area contributed by atoms with E-state index in [1.165, 1.54) is 7.11 Å². The first-order valence-corrected chi connectivity index (χ1v) is 5.99. The zero-order chi connectivity index (χ0) is 14.4. The number of hydrogen-bond donors (Lipinski definition) is 1. The summed E-state index contributed by atoms with van der Waals surface area (Å²) in [7, 11) is 2.79. The van der Waals surface area contributed by atoms with Crippen LogP contribution in [0.3, 0.4) is 0 Å². The number of carbonyl (C=O) groups is 2. The van der Waals surface area contributed by atoms with Gasteiger partial charge in [-0.2, -0.15) is 0 Å². The first-order chi connectivity index (χ1) is 8.99. The van der Waals surface area contributed by atoms with Crippen molar-refractivity contribution in [2.75, 3.05) is 20.8 Å². The number of esters is 1. The first kappa shape index (κ1) is 15.0. The van der Waals surface area contributed by atoms with E-state index in [1.54, 1.807) is 7.11 Å². The molecule has 0 saturated carbocycles. The number of carbonyl (C=O) groups excluding carboxylic acids is 2. The Morgan fingerprint density at radius 3 is 2.47 bits per heavy atom. The summed E-state index contributed by atoms with van der Waals surface area (Å²) in [6, 6.07) is 4.00. The Morgan fingerprint density at radius 2 is 1.89 bits per heavy atom. The largest absolute Gasteiger partial charge is 0.496 e. The fourth-order valence-corrected chi connectivity index (χ4v) is 1.93. The van der Waals surface area contributed by atoms with Gasteiger partial charge < -0.3 is 14.8 Å². The van der Waals surface area contributed by atoms with Crippen molar-refractivity contribution in [3.63, 3.8) is 0 Å². The number of methoxy groups -OCH3 is 2. The monoisotopic (exact) mass is 265 g/mol. The molecule has 104 valence electrons. The molecule has 19 heavy (non-hydrogen) atoms. The average molecular weight is 265 g/mol. The second kappa shape index (κ2) is 6.78. The van der Waals surface area contributed by atoms with Crippen LogP contribution in [-0.4, -0.2) is 32.6 Å². The third kappa shape index (κ3) is 3.98.